The third-order valence-electron chi connectivity index (χ3n) is 4.45. The molecule has 0 radical (unpaired) electrons. The molecule has 0 fully saturated rings. The van der Waals surface area contributed by atoms with Crippen LogP contribution in [0.4, 0.5) is 9.52 Å². The maximum Gasteiger partial charge on any atom is 0.272 e. The Labute approximate surface area is 178 Å². The molecule has 3 rings (SSSR count). The van der Waals surface area contributed by atoms with E-state index in [1.165, 1.54) is 34.8 Å². The third kappa shape index (κ3) is 4.86. The van der Waals surface area contributed by atoms with Crippen molar-refractivity contribution in [1.82, 2.24) is 14.9 Å². The second-order valence-corrected chi connectivity index (χ2v) is 8.45. The van der Waals surface area contributed by atoms with Crippen molar-refractivity contribution in [2.45, 2.75) is 27.7 Å². The number of amides is 1. The van der Waals surface area contributed by atoms with Crippen LogP contribution < -0.4 is 4.90 Å². The van der Waals surface area contributed by atoms with Gasteiger partial charge in [-0.3, -0.25) is 9.69 Å². The molecule has 1 amide bonds. The van der Waals surface area contributed by atoms with Crippen molar-refractivity contribution in [1.29, 1.82) is 0 Å². The highest BCUT2D eigenvalue weighted by Crippen LogP contribution is 2.31. The number of rotatable bonds is 7. The largest absolute Gasteiger partial charge is 0.302 e. The van der Waals surface area contributed by atoms with Gasteiger partial charge in [-0.1, -0.05) is 25.2 Å². The topological polar surface area (TPSA) is 49.3 Å². The van der Waals surface area contributed by atoms with Crippen molar-refractivity contribution in [3.63, 3.8) is 0 Å². The fourth-order valence-corrected chi connectivity index (χ4v) is 4.80. The molecule has 5 nitrogen and oxygen atoms in total. The number of nitrogens with zero attached hydrogens (tertiary/aromatic N) is 4. The number of halogens is 2. The molecule has 0 spiro atoms. The number of hydrogen-bond donors (Lipinski definition) is 0. The van der Waals surface area contributed by atoms with Crippen LogP contribution in [0, 0.1) is 19.7 Å². The SMILES string of the molecule is CCN(CC)CCN(C(=O)c1sc(C)nc1C)c1nc2ccc(F)cc2s1.Cl. The van der Waals surface area contributed by atoms with Gasteiger partial charge >= 0.3 is 0 Å². The van der Waals surface area contributed by atoms with E-state index in [1.807, 2.05) is 13.8 Å². The number of likely N-dealkylation sites (N-methyl/N-ethyl adjacent to an activating group) is 1. The highest BCUT2D eigenvalue weighted by molar-refractivity contribution is 7.22. The van der Waals surface area contributed by atoms with E-state index >= 15 is 0 Å². The van der Waals surface area contributed by atoms with Crippen LogP contribution in [0.2, 0.25) is 0 Å². The Bertz CT molecular complexity index is 955. The summed E-state index contributed by atoms with van der Waals surface area (Å²) >= 11 is 2.74. The molecular weight excluding hydrogens is 419 g/mol. The summed E-state index contributed by atoms with van der Waals surface area (Å²) < 4.78 is 14.3. The van der Waals surface area contributed by atoms with E-state index in [4.69, 9.17) is 0 Å². The fourth-order valence-electron chi connectivity index (χ4n) is 2.92. The minimum atomic E-state index is -0.298. The first kappa shape index (κ1) is 22.7. The lowest BCUT2D eigenvalue weighted by Crippen LogP contribution is -2.38. The smallest absolute Gasteiger partial charge is 0.272 e. The highest BCUT2D eigenvalue weighted by atomic mass is 35.5. The lowest BCUT2D eigenvalue weighted by molar-refractivity contribution is 0.0987. The molecular formula is C19H24ClFN4OS2. The van der Waals surface area contributed by atoms with Gasteiger partial charge in [0.15, 0.2) is 5.13 Å². The predicted octanol–water partition coefficient (Wildman–Crippen LogP) is 4.92. The van der Waals surface area contributed by atoms with Gasteiger partial charge in [-0.15, -0.1) is 23.7 Å². The fraction of sp³-hybridized carbons (Fsp3) is 0.421. The average Bonchev–Trinajstić information content (AvgIpc) is 3.20. The molecule has 28 heavy (non-hydrogen) atoms. The lowest BCUT2D eigenvalue weighted by Gasteiger charge is -2.24. The zero-order chi connectivity index (χ0) is 19.6. The van der Waals surface area contributed by atoms with Gasteiger partial charge in [-0.2, -0.15) is 0 Å². The van der Waals surface area contributed by atoms with E-state index in [9.17, 15) is 9.18 Å². The molecule has 0 aliphatic carbocycles. The van der Waals surface area contributed by atoms with E-state index in [0.29, 0.717) is 22.1 Å². The molecule has 2 heterocycles. The molecule has 0 saturated heterocycles. The van der Waals surface area contributed by atoms with Gasteiger partial charge in [0.05, 0.1) is 20.9 Å². The Morgan fingerprint density at radius 3 is 2.43 bits per heavy atom. The summed E-state index contributed by atoms with van der Waals surface area (Å²) in [5.74, 6) is -0.391. The number of anilines is 1. The van der Waals surface area contributed by atoms with Crippen LogP contribution in [0.3, 0.4) is 0 Å². The van der Waals surface area contributed by atoms with E-state index in [2.05, 4.69) is 28.7 Å². The summed E-state index contributed by atoms with van der Waals surface area (Å²) in [6.45, 7) is 11.1. The number of aromatic nitrogens is 2. The van der Waals surface area contributed by atoms with Gasteiger partial charge in [-0.05, 0) is 45.1 Å². The van der Waals surface area contributed by atoms with E-state index in [1.54, 1.807) is 11.0 Å². The number of hydrogen-bond acceptors (Lipinski definition) is 6. The van der Waals surface area contributed by atoms with Crippen LogP contribution in [0.1, 0.15) is 34.2 Å². The third-order valence-corrected chi connectivity index (χ3v) is 6.55. The van der Waals surface area contributed by atoms with Crippen molar-refractivity contribution in [3.8, 4) is 0 Å². The van der Waals surface area contributed by atoms with Crippen molar-refractivity contribution < 1.29 is 9.18 Å². The number of fused-ring (bicyclic) bond motifs is 1. The van der Waals surface area contributed by atoms with Crippen LogP contribution in [-0.2, 0) is 0 Å². The second-order valence-electron chi connectivity index (χ2n) is 6.24. The van der Waals surface area contributed by atoms with Gasteiger partial charge in [0.25, 0.3) is 5.91 Å². The summed E-state index contributed by atoms with van der Waals surface area (Å²) in [4.78, 5) is 26.9. The van der Waals surface area contributed by atoms with Gasteiger partial charge in [0.1, 0.15) is 10.7 Å². The second kappa shape index (κ2) is 9.73. The van der Waals surface area contributed by atoms with Crippen LogP contribution >= 0.6 is 35.1 Å². The zero-order valence-corrected chi connectivity index (χ0v) is 18.8. The number of carbonyl (C=O) groups is 1. The number of carbonyl (C=O) groups excluding carboxylic acids is 1. The summed E-state index contributed by atoms with van der Waals surface area (Å²) in [6, 6.07) is 4.51. The normalized spacial score (nSPS) is 11.1. The summed E-state index contributed by atoms with van der Waals surface area (Å²) in [5, 5.41) is 1.46. The molecule has 0 unspecified atom stereocenters. The van der Waals surface area contributed by atoms with Crippen molar-refractivity contribution in [2.75, 3.05) is 31.1 Å². The van der Waals surface area contributed by atoms with Crippen molar-refractivity contribution in [2.24, 2.45) is 0 Å². The Hall–Kier alpha value is -1.61. The Morgan fingerprint density at radius 1 is 1.11 bits per heavy atom. The standard InChI is InChI=1S/C19H23FN4OS2.ClH/c1-5-23(6-2)9-10-24(18(25)17-12(3)21-13(4)26-17)19-22-15-8-7-14(20)11-16(15)27-19;/h7-8,11H,5-6,9-10H2,1-4H3;1H. The molecule has 152 valence electrons. The average molecular weight is 443 g/mol. The monoisotopic (exact) mass is 442 g/mol. The number of thiazole rings is 2. The molecule has 0 aliphatic rings. The molecule has 2 aromatic heterocycles. The molecule has 1 aromatic carbocycles. The summed E-state index contributed by atoms with van der Waals surface area (Å²) in [7, 11) is 0. The first-order chi connectivity index (χ1) is 12.9. The molecule has 0 bridgehead atoms. The molecule has 0 N–H and O–H groups in total. The minimum Gasteiger partial charge on any atom is -0.302 e. The Morgan fingerprint density at radius 2 is 1.82 bits per heavy atom. The predicted molar refractivity (Wildman–Crippen MR) is 118 cm³/mol. The minimum absolute atomic E-state index is 0. The Balaban J connectivity index is 0.00000280. The van der Waals surface area contributed by atoms with Crippen molar-refractivity contribution >= 4 is 56.3 Å². The molecule has 0 aliphatic heterocycles. The number of aryl methyl sites for hydroxylation is 2. The van der Waals surface area contributed by atoms with Gasteiger partial charge in [-0.25, -0.2) is 14.4 Å². The van der Waals surface area contributed by atoms with E-state index in [-0.39, 0.29) is 24.1 Å². The quantitative estimate of drug-likeness (QED) is 0.521. The number of benzene rings is 1. The van der Waals surface area contributed by atoms with Gasteiger partial charge in [0.2, 0.25) is 0 Å². The first-order valence-electron chi connectivity index (χ1n) is 8.97. The summed E-state index contributed by atoms with van der Waals surface area (Å²) in [6.07, 6.45) is 0. The maximum absolute atomic E-state index is 13.6. The van der Waals surface area contributed by atoms with Crippen LogP contribution in [-0.4, -0.2) is 47.0 Å². The first-order valence-corrected chi connectivity index (χ1v) is 10.6. The van der Waals surface area contributed by atoms with Crippen LogP contribution in [0.25, 0.3) is 10.2 Å². The van der Waals surface area contributed by atoms with E-state index < -0.39 is 0 Å². The summed E-state index contributed by atoms with van der Waals surface area (Å²) in [5.41, 5.74) is 1.44. The van der Waals surface area contributed by atoms with Crippen molar-refractivity contribution in [3.05, 3.63) is 39.6 Å². The highest BCUT2D eigenvalue weighted by Gasteiger charge is 2.25. The molecule has 3 aromatic rings. The van der Waals surface area contributed by atoms with Crippen LogP contribution in [0.5, 0.6) is 0 Å². The van der Waals surface area contributed by atoms with Gasteiger partial charge in [0, 0.05) is 13.1 Å². The van der Waals surface area contributed by atoms with Gasteiger partial charge < -0.3 is 4.90 Å². The Kier molecular flexibility index (Phi) is 7.88. The zero-order valence-electron chi connectivity index (χ0n) is 16.4. The van der Waals surface area contributed by atoms with E-state index in [0.717, 1.165) is 35.0 Å². The molecule has 0 atom stereocenters. The molecule has 9 heteroatoms. The lowest BCUT2D eigenvalue weighted by atomic mass is 10.3. The maximum atomic E-state index is 13.6. The molecule has 0 saturated carbocycles. The van der Waals surface area contributed by atoms with Crippen LogP contribution in [0.15, 0.2) is 18.2 Å².